The summed E-state index contributed by atoms with van der Waals surface area (Å²) in [5.74, 6) is 1.09. The standard InChI is InChI=1S/C32H41N3O4/c1-31(2,3)21-38-30(37)34-16-14-32(15-17-34)13-12-25-18-24(8-11-28(25)39-32)22-4-6-23(7-5-22)29(36)35-19-26-9-10-27(20-35)33-26/h4-8,11,18,26-27,33H,9-10,12-17,19-21H2,1-3H3/t26-,27?/m1/s1. The van der Waals surface area contributed by atoms with Gasteiger partial charge in [-0.3, -0.25) is 4.79 Å². The van der Waals surface area contributed by atoms with Gasteiger partial charge in [-0.05, 0) is 72.1 Å². The number of ether oxygens (including phenoxy) is 2. The molecule has 39 heavy (non-hydrogen) atoms. The summed E-state index contributed by atoms with van der Waals surface area (Å²) in [6, 6.07) is 15.4. The molecule has 2 amide bonds. The van der Waals surface area contributed by atoms with Gasteiger partial charge in [-0.25, -0.2) is 4.79 Å². The molecule has 2 atom stereocenters. The van der Waals surface area contributed by atoms with E-state index in [9.17, 15) is 9.59 Å². The predicted octanol–water partition coefficient (Wildman–Crippen LogP) is 5.27. The fraction of sp³-hybridized carbons (Fsp3) is 0.562. The van der Waals surface area contributed by atoms with Gasteiger partial charge in [-0.1, -0.05) is 39.0 Å². The highest BCUT2D eigenvalue weighted by Gasteiger charge is 2.41. The predicted molar refractivity (Wildman–Crippen MR) is 151 cm³/mol. The monoisotopic (exact) mass is 531 g/mol. The topological polar surface area (TPSA) is 71.1 Å². The van der Waals surface area contributed by atoms with Crippen LogP contribution in [0.5, 0.6) is 5.75 Å². The molecule has 0 radical (unpaired) electrons. The number of rotatable bonds is 3. The second-order valence-corrected chi connectivity index (χ2v) is 13.1. The zero-order chi connectivity index (χ0) is 27.2. The molecule has 7 nitrogen and oxygen atoms in total. The van der Waals surface area contributed by atoms with E-state index in [1.165, 1.54) is 18.4 Å². The number of hydrogen-bond donors (Lipinski definition) is 1. The van der Waals surface area contributed by atoms with Crippen molar-refractivity contribution in [1.29, 1.82) is 0 Å². The Labute approximate surface area is 231 Å². The van der Waals surface area contributed by atoms with E-state index in [0.29, 0.717) is 31.8 Å². The van der Waals surface area contributed by atoms with Gasteiger partial charge in [0.05, 0.1) is 6.61 Å². The SMILES string of the molecule is CC(C)(C)COC(=O)N1CCC2(CCc3cc(-c4ccc(C(=O)N5CC6CC[C@H](C5)N6)cc4)ccc3O2)CC1. The van der Waals surface area contributed by atoms with Crippen molar-refractivity contribution in [1.82, 2.24) is 15.1 Å². The molecule has 3 fully saturated rings. The summed E-state index contributed by atoms with van der Waals surface area (Å²) in [4.78, 5) is 29.4. The smallest absolute Gasteiger partial charge is 0.409 e. The number of carbonyl (C=O) groups is 2. The third-order valence-electron chi connectivity index (χ3n) is 8.77. The van der Waals surface area contributed by atoms with Gasteiger partial charge in [-0.2, -0.15) is 0 Å². The van der Waals surface area contributed by atoms with E-state index in [0.717, 1.165) is 61.2 Å². The number of benzene rings is 2. The van der Waals surface area contributed by atoms with Crippen molar-refractivity contribution in [3.8, 4) is 16.9 Å². The molecular formula is C32H41N3O4. The quantitative estimate of drug-likeness (QED) is 0.584. The lowest BCUT2D eigenvalue weighted by molar-refractivity contribution is -0.0171. The van der Waals surface area contributed by atoms with Crippen LogP contribution in [0.3, 0.4) is 0 Å². The van der Waals surface area contributed by atoms with E-state index in [-0.39, 0.29) is 23.0 Å². The van der Waals surface area contributed by atoms with Crippen LogP contribution >= 0.6 is 0 Å². The van der Waals surface area contributed by atoms with Crippen molar-refractivity contribution in [2.75, 3.05) is 32.8 Å². The van der Waals surface area contributed by atoms with Crippen molar-refractivity contribution in [2.45, 2.75) is 77.0 Å². The Morgan fingerprint density at radius 2 is 1.62 bits per heavy atom. The van der Waals surface area contributed by atoms with E-state index in [1.54, 1.807) is 0 Å². The average Bonchev–Trinajstić information content (AvgIpc) is 3.28. The molecule has 1 spiro atoms. The number of piperidine rings is 1. The van der Waals surface area contributed by atoms with Crippen LogP contribution in [-0.2, 0) is 11.2 Å². The molecule has 2 aromatic carbocycles. The molecular weight excluding hydrogens is 490 g/mol. The van der Waals surface area contributed by atoms with E-state index in [2.05, 4.69) is 56.4 Å². The first-order chi connectivity index (χ1) is 18.7. The number of aryl methyl sites for hydroxylation is 1. The van der Waals surface area contributed by atoms with Crippen LogP contribution < -0.4 is 10.1 Å². The summed E-state index contributed by atoms with van der Waals surface area (Å²) in [5.41, 5.74) is 3.99. The molecule has 0 aromatic heterocycles. The normalized spacial score (nSPS) is 23.8. The molecule has 4 aliphatic rings. The Kier molecular flexibility index (Phi) is 6.82. The summed E-state index contributed by atoms with van der Waals surface area (Å²) < 4.78 is 12.1. The number of nitrogens with one attached hydrogen (secondary N) is 1. The molecule has 6 rings (SSSR count). The number of hydrogen-bond acceptors (Lipinski definition) is 5. The number of likely N-dealkylation sites (tertiary alicyclic amines) is 2. The molecule has 2 aromatic rings. The number of carbonyl (C=O) groups excluding carboxylic acids is 2. The fourth-order valence-electron chi connectivity index (χ4n) is 6.47. The Bertz CT molecular complexity index is 1210. The lowest BCUT2D eigenvalue weighted by atomic mass is 9.82. The Morgan fingerprint density at radius 1 is 0.949 bits per heavy atom. The number of nitrogens with zero attached hydrogens (tertiary/aromatic N) is 2. The van der Waals surface area contributed by atoms with Gasteiger partial charge in [0.15, 0.2) is 0 Å². The highest BCUT2D eigenvalue weighted by atomic mass is 16.6. The van der Waals surface area contributed by atoms with Crippen LogP contribution in [0.2, 0.25) is 0 Å². The molecule has 1 N–H and O–H groups in total. The van der Waals surface area contributed by atoms with Crippen LogP contribution in [0.1, 0.15) is 68.8 Å². The number of amides is 2. The van der Waals surface area contributed by atoms with Crippen LogP contribution in [0, 0.1) is 5.41 Å². The van der Waals surface area contributed by atoms with Gasteiger partial charge in [0.25, 0.3) is 5.91 Å². The molecule has 4 aliphatic heterocycles. The highest BCUT2D eigenvalue weighted by Crippen LogP contribution is 2.41. The largest absolute Gasteiger partial charge is 0.487 e. The van der Waals surface area contributed by atoms with Gasteiger partial charge >= 0.3 is 6.09 Å². The summed E-state index contributed by atoms with van der Waals surface area (Å²) in [5, 5.41) is 3.59. The highest BCUT2D eigenvalue weighted by molar-refractivity contribution is 5.95. The lowest BCUT2D eigenvalue weighted by Crippen LogP contribution is -2.53. The van der Waals surface area contributed by atoms with Crippen molar-refractivity contribution in [3.05, 3.63) is 53.6 Å². The molecule has 4 heterocycles. The first-order valence-electron chi connectivity index (χ1n) is 14.6. The van der Waals surface area contributed by atoms with Gasteiger partial charge in [-0.15, -0.1) is 0 Å². The fourth-order valence-corrected chi connectivity index (χ4v) is 6.47. The average molecular weight is 532 g/mol. The van der Waals surface area contributed by atoms with E-state index in [4.69, 9.17) is 9.47 Å². The maximum atomic E-state index is 13.1. The second kappa shape index (κ2) is 10.2. The zero-order valence-electron chi connectivity index (χ0n) is 23.5. The minimum absolute atomic E-state index is 0.0358. The van der Waals surface area contributed by atoms with Gasteiger partial charge in [0.1, 0.15) is 11.4 Å². The van der Waals surface area contributed by atoms with Crippen LogP contribution in [0.15, 0.2) is 42.5 Å². The van der Waals surface area contributed by atoms with Crippen LogP contribution in [-0.4, -0.2) is 72.3 Å². The first kappa shape index (κ1) is 26.2. The second-order valence-electron chi connectivity index (χ2n) is 13.1. The summed E-state index contributed by atoms with van der Waals surface area (Å²) in [6.07, 6.45) is 5.68. The molecule has 0 saturated carbocycles. The third kappa shape index (κ3) is 5.65. The van der Waals surface area contributed by atoms with Gasteiger partial charge in [0, 0.05) is 56.7 Å². The van der Waals surface area contributed by atoms with Crippen molar-refractivity contribution < 1.29 is 19.1 Å². The number of fused-ring (bicyclic) bond motifs is 3. The molecule has 3 saturated heterocycles. The van der Waals surface area contributed by atoms with Crippen LogP contribution in [0.4, 0.5) is 4.79 Å². The summed E-state index contributed by atoms with van der Waals surface area (Å²) in [6.45, 7) is 9.57. The van der Waals surface area contributed by atoms with Gasteiger partial charge < -0.3 is 24.6 Å². The summed E-state index contributed by atoms with van der Waals surface area (Å²) >= 11 is 0. The van der Waals surface area contributed by atoms with E-state index in [1.807, 2.05) is 21.9 Å². The van der Waals surface area contributed by atoms with E-state index < -0.39 is 0 Å². The molecule has 208 valence electrons. The maximum absolute atomic E-state index is 13.1. The van der Waals surface area contributed by atoms with Crippen molar-refractivity contribution in [2.24, 2.45) is 5.41 Å². The Balaban J connectivity index is 1.07. The van der Waals surface area contributed by atoms with E-state index >= 15 is 0 Å². The maximum Gasteiger partial charge on any atom is 0.409 e. The summed E-state index contributed by atoms with van der Waals surface area (Å²) in [7, 11) is 0. The number of piperazine rings is 1. The third-order valence-corrected chi connectivity index (χ3v) is 8.77. The Morgan fingerprint density at radius 3 is 2.28 bits per heavy atom. The first-order valence-corrected chi connectivity index (χ1v) is 14.6. The molecule has 2 bridgehead atoms. The molecule has 7 heteroatoms. The molecule has 0 aliphatic carbocycles. The zero-order valence-corrected chi connectivity index (χ0v) is 23.5. The van der Waals surface area contributed by atoms with Crippen LogP contribution in [0.25, 0.3) is 11.1 Å². The van der Waals surface area contributed by atoms with Gasteiger partial charge in [0.2, 0.25) is 0 Å². The van der Waals surface area contributed by atoms with Crippen molar-refractivity contribution >= 4 is 12.0 Å². The Hall–Kier alpha value is -3.06. The van der Waals surface area contributed by atoms with Crippen molar-refractivity contribution in [3.63, 3.8) is 0 Å². The molecule has 1 unspecified atom stereocenters. The lowest BCUT2D eigenvalue weighted by Gasteiger charge is -2.44. The minimum Gasteiger partial charge on any atom is -0.487 e. The minimum atomic E-state index is -0.214.